The van der Waals surface area contributed by atoms with Crippen LogP contribution in [0.4, 0.5) is 0 Å². The summed E-state index contributed by atoms with van der Waals surface area (Å²) in [6, 6.07) is 0. The molecule has 0 aliphatic rings. The van der Waals surface area contributed by atoms with Crippen molar-refractivity contribution in [2.75, 3.05) is 26.7 Å². The molecule has 0 aromatic rings. The third kappa shape index (κ3) is 5.53. The van der Waals surface area contributed by atoms with Crippen LogP contribution in [0.25, 0.3) is 0 Å². The van der Waals surface area contributed by atoms with Gasteiger partial charge in [-0.3, -0.25) is 4.79 Å². The molecule has 3 N–H and O–H groups in total. The summed E-state index contributed by atoms with van der Waals surface area (Å²) < 4.78 is 0. The highest BCUT2D eigenvalue weighted by atomic mass is 16.3. The van der Waals surface area contributed by atoms with Crippen molar-refractivity contribution in [2.24, 2.45) is 5.73 Å². The second kappa shape index (κ2) is 5.20. The van der Waals surface area contributed by atoms with Crippen molar-refractivity contribution in [1.29, 1.82) is 0 Å². The number of rotatable bonds is 5. The highest BCUT2D eigenvalue weighted by Crippen LogP contribution is 1.83. The van der Waals surface area contributed by atoms with E-state index in [2.05, 4.69) is 0 Å². The smallest absolute Gasteiger partial charge is 0.222 e. The fraction of sp³-hybridized carbons (Fsp3) is 0.667. The Bertz CT molecular complexity index is 106. The van der Waals surface area contributed by atoms with E-state index in [0.717, 1.165) is 0 Å². The fourth-order valence-corrected chi connectivity index (χ4v) is 0.508. The first kappa shape index (κ1) is 9.39. The summed E-state index contributed by atoms with van der Waals surface area (Å²) in [4.78, 5) is 12.0. The molecular formula is C6H13N2O2. The molecule has 0 heterocycles. The Labute approximate surface area is 60.6 Å². The number of hydrogen-bond donors (Lipinski definition) is 2. The van der Waals surface area contributed by atoms with Gasteiger partial charge in [-0.15, -0.1) is 0 Å². The molecule has 0 aliphatic heterocycles. The van der Waals surface area contributed by atoms with Gasteiger partial charge in [-0.05, 0) is 7.05 Å². The fourth-order valence-electron chi connectivity index (χ4n) is 0.508. The Morgan fingerprint density at radius 3 is 2.80 bits per heavy atom. The van der Waals surface area contributed by atoms with Crippen molar-refractivity contribution in [1.82, 2.24) is 4.90 Å². The third-order valence-electron chi connectivity index (χ3n) is 1.09. The predicted molar refractivity (Wildman–Crippen MR) is 38.1 cm³/mol. The molecule has 0 saturated heterocycles. The van der Waals surface area contributed by atoms with Crippen molar-refractivity contribution in [3.63, 3.8) is 0 Å². The van der Waals surface area contributed by atoms with Crippen molar-refractivity contribution >= 4 is 5.91 Å². The summed E-state index contributed by atoms with van der Waals surface area (Å²) in [7, 11) is 1.80. The summed E-state index contributed by atoms with van der Waals surface area (Å²) in [5.41, 5.74) is 4.85. The lowest BCUT2D eigenvalue weighted by molar-refractivity contribution is -0.115. The normalized spacial score (nSPS) is 10.3. The van der Waals surface area contributed by atoms with Gasteiger partial charge < -0.3 is 15.7 Å². The standard InChI is InChI=1S/C6H13N2O2/c1-8(4-5-9)3-2-6(7)10/h2,9H,3-5H2,1H3,(H2,7,10). The van der Waals surface area contributed by atoms with Crippen LogP contribution in [0.2, 0.25) is 0 Å². The number of carbonyl (C=O) groups excluding carboxylic acids is 1. The van der Waals surface area contributed by atoms with Gasteiger partial charge in [0.2, 0.25) is 5.91 Å². The second-order valence-corrected chi connectivity index (χ2v) is 2.09. The molecule has 0 bridgehead atoms. The van der Waals surface area contributed by atoms with Gasteiger partial charge in [-0.25, -0.2) is 0 Å². The number of hydrogen-bond acceptors (Lipinski definition) is 3. The number of primary amides is 1. The average molecular weight is 145 g/mol. The summed E-state index contributed by atoms with van der Waals surface area (Å²) in [6.45, 7) is 1.16. The van der Waals surface area contributed by atoms with Gasteiger partial charge in [0.05, 0.1) is 13.0 Å². The number of nitrogens with zero attached hydrogens (tertiary/aromatic N) is 1. The molecule has 4 nitrogen and oxygen atoms in total. The zero-order chi connectivity index (χ0) is 7.98. The molecule has 0 aromatic carbocycles. The molecule has 0 aliphatic carbocycles. The van der Waals surface area contributed by atoms with Crippen LogP contribution in [0.15, 0.2) is 0 Å². The molecule has 0 unspecified atom stereocenters. The molecule has 0 spiro atoms. The van der Waals surface area contributed by atoms with Crippen molar-refractivity contribution in [3.05, 3.63) is 6.42 Å². The highest BCUT2D eigenvalue weighted by molar-refractivity contribution is 5.83. The topological polar surface area (TPSA) is 66.6 Å². The van der Waals surface area contributed by atoms with Crippen LogP contribution in [0.1, 0.15) is 0 Å². The number of aliphatic hydroxyl groups excluding tert-OH is 1. The molecule has 10 heavy (non-hydrogen) atoms. The molecule has 1 amide bonds. The lowest BCUT2D eigenvalue weighted by atomic mass is 10.4. The van der Waals surface area contributed by atoms with Crippen LogP contribution >= 0.6 is 0 Å². The maximum Gasteiger partial charge on any atom is 0.222 e. The van der Waals surface area contributed by atoms with Crippen LogP contribution in [0.3, 0.4) is 0 Å². The van der Waals surface area contributed by atoms with Gasteiger partial charge in [-0.1, -0.05) is 0 Å². The zero-order valence-electron chi connectivity index (χ0n) is 6.08. The monoisotopic (exact) mass is 145 g/mol. The van der Waals surface area contributed by atoms with Crippen LogP contribution in [0, 0.1) is 6.42 Å². The Balaban J connectivity index is 3.21. The van der Waals surface area contributed by atoms with Crippen LogP contribution in [-0.4, -0.2) is 42.7 Å². The van der Waals surface area contributed by atoms with E-state index in [4.69, 9.17) is 10.8 Å². The third-order valence-corrected chi connectivity index (χ3v) is 1.09. The number of amides is 1. The first-order chi connectivity index (χ1) is 4.66. The summed E-state index contributed by atoms with van der Waals surface area (Å²) in [5.74, 6) is -0.426. The first-order valence-electron chi connectivity index (χ1n) is 3.09. The van der Waals surface area contributed by atoms with Gasteiger partial charge in [0.15, 0.2) is 0 Å². The molecule has 1 radical (unpaired) electrons. The maximum absolute atomic E-state index is 10.2. The molecule has 4 heteroatoms. The lowest BCUT2D eigenvalue weighted by Crippen LogP contribution is -2.27. The summed E-state index contributed by atoms with van der Waals surface area (Å²) in [6.07, 6.45) is 1.37. The quantitative estimate of drug-likeness (QED) is 0.500. The molecule has 0 saturated carbocycles. The minimum absolute atomic E-state index is 0.100. The number of nitrogens with two attached hydrogens (primary N) is 1. The van der Waals surface area contributed by atoms with Crippen LogP contribution in [-0.2, 0) is 4.79 Å². The van der Waals surface area contributed by atoms with Crippen LogP contribution in [0.5, 0.6) is 0 Å². The number of aliphatic hydroxyl groups is 1. The molecule has 0 fully saturated rings. The van der Waals surface area contributed by atoms with Gasteiger partial charge in [0.25, 0.3) is 0 Å². The second-order valence-electron chi connectivity index (χ2n) is 2.09. The lowest BCUT2D eigenvalue weighted by Gasteiger charge is -2.12. The van der Waals surface area contributed by atoms with E-state index < -0.39 is 5.91 Å². The van der Waals surface area contributed by atoms with E-state index in [0.29, 0.717) is 13.1 Å². The van der Waals surface area contributed by atoms with E-state index in [-0.39, 0.29) is 6.61 Å². The Hall–Kier alpha value is -0.610. The minimum Gasteiger partial charge on any atom is -0.395 e. The van der Waals surface area contributed by atoms with E-state index in [1.54, 1.807) is 11.9 Å². The average Bonchev–Trinajstić information content (AvgIpc) is 1.85. The maximum atomic E-state index is 10.2. The predicted octanol–water partition coefficient (Wildman–Crippen LogP) is -1.40. The van der Waals surface area contributed by atoms with Crippen molar-refractivity contribution in [2.45, 2.75) is 0 Å². The molecule has 0 aromatic heterocycles. The first-order valence-corrected chi connectivity index (χ1v) is 3.09. The zero-order valence-corrected chi connectivity index (χ0v) is 6.08. The van der Waals surface area contributed by atoms with Crippen LogP contribution < -0.4 is 5.73 Å². The molecular weight excluding hydrogens is 132 g/mol. The molecule has 0 rings (SSSR count). The SMILES string of the molecule is CN(C[CH]C(N)=O)CCO. The van der Waals surface area contributed by atoms with Gasteiger partial charge in [0.1, 0.15) is 0 Å². The Morgan fingerprint density at radius 1 is 1.80 bits per heavy atom. The van der Waals surface area contributed by atoms with E-state index in [1.807, 2.05) is 0 Å². The van der Waals surface area contributed by atoms with E-state index in [1.165, 1.54) is 6.42 Å². The Morgan fingerprint density at radius 2 is 2.40 bits per heavy atom. The van der Waals surface area contributed by atoms with Gasteiger partial charge in [0, 0.05) is 13.1 Å². The minimum atomic E-state index is -0.426. The summed E-state index contributed by atoms with van der Waals surface area (Å²) >= 11 is 0. The summed E-state index contributed by atoms with van der Waals surface area (Å²) in [5, 5.41) is 8.43. The van der Waals surface area contributed by atoms with E-state index >= 15 is 0 Å². The van der Waals surface area contributed by atoms with Gasteiger partial charge in [-0.2, -0.15) is 0 Å². The largest absolute Gasteiger partial charge is 0.395 e. The van der Waals surface area contributed by atoms with E-state index in [9.17, 15) is 4.79 Å². The number of likely N-dealkylation sites (N-methyl/N-ethyl adjacent to an activating group) is 1. The molecule has 0 atom stereocenters. The van der Waals surface area contributed by atoms with Gasteiger partial charge >= 0.3 is 0 Å². The molecule has 59 valence electrons. The highest BCUT2D eigenvalue weighted by Gasteiger charge is 1.99. The van der Waals surface area contributed by atoms with Crippen molar-refractivity contribution in [3.8, 4) is 0 Å². The Kier molecular flexibility index (Phi) is 4.88. The van der Waals surface area contributed by atoms with Crippen molar-refractivity contribution < 1.29 is 9.90 Å². The number of carbonyl (C=O) groups is 1.